The first kappa shape index (κ1) is 8.96. The Kier molecular flexibility index (Phi) is 2.62. The van der Waals surface area contributed by atoms with Gasteiger partial charge in [0, 0.05) is 5.56 Å². The van der Waals surface area contributed by atoms with Crippen molar-refractivity contribution in [2.24, 2.45) is 5.73 Å². The summed E-state index contributed by atoms with van der Waals surface area (Å²) in [5.41, 5.74) is 5.58. The van der Waals surface area contributed by atoms with Crippen LogP contribution >= 0.6 is 11.6 Å². The van der Waals surface area contributed by atoms with Gasteiger partial charge >= 0.3 is 0 Å². The molecule has 5 heteroatoms. The molecule has 0 aliphatic rings. The van der Waals surface area contributed by atoms with E-state index in [9.17, 15) is 4.79 Å². The van der Waals surface area contributed by atoms with E-state index in [2.05, 4.69) is 4.98 Å². The first-order valence-electron chi connectivity index (χ1n) is 3.20. The van der Waals surface area contributed by atoms with Crippen LogP contribution in [0.3, 0.4) is 0 Å². The number of aliphatic hydroxyl groups excluding tert-OH is 1. The highest BCUT2D eigenvalue weighted by molar-refractivity contribution is 6.29. The fourth-order valence-electron chi connectivity index (χ4n) is 0.774. The Labute approximate surface area is 74.0 Å². The van der Waals surface area contributed by atoms with Gasteiger partial charge in [0.05, 0.1) is 12.3 Å². The summed E-state index contributed by atoms with van der Waals surface area (Å²) in [6, 6.07) is 2.75. The number of nitrogens with two attached hydrogens (primary N) is 1. The van der Waals surface area contributed by atoms with Crippen LogP contribution in [-0.2, 0) is 6.61 Å². The van der Waals surface area contributed by atoms with Gasteiger partial charge in [-0.25, -0.2) is 4.98 Å². The van der Waals surface area contributed by atoms with Gasteiger partial charge in [0.15, 0.2) is 0 Å². The highest BCUT2D eigenvalue weighted by Crippen LogP contribution is 2.10. The number of nitrogens with zero attached hydrogens (tertiary/aromatic N) is 1. The van der Waals surface area contributed by atoms with E-state index in [-0.39, 0.29) is 17.3 Å². The lowest BCUT2D eigenvalue weighted by Crippen LogP contribution is -2.11. The zero-order valence-electron chi connectivity index (χ0n) is 6.12. The van der Waals surface area contributed by atoms with Gasteiger partial charge in [-0.2, -0.15) is 0 Å². The van der Waals surface area contributed by atoms with Crippen molar-refractivity contribution < 1.29 is 9.90 Å². The molecular formula is C7H7ClN2O2. The molecule has 3 N–H and O–H groups in total. The molecule has 64 valence electrons. The lowest BCUT2D eigenvalue weighted by atomic mass is 10.2. The Balaban J connectivity index is 3.15. The summed E-state index contributed by atoms with van der Waals surface area (Å²) in [7, 11) is 0. The second-order valence-corrected chi connectivity index (χ2v) is 2.58. The average Bonchev–Trinajstić information content (AvgIpc) is 2.03. The van der Waals surface area contributed by atoms with Gasteiger partial charge in [0.25, 0.3) is 0 Å². The minimum absolute atomic E-state index is 0.148. The average molecular weight is 187 g/mol. The zero-order valence-corrected chi connectivity index (χ0v) is 6.88. The third-order valence-electron chi connectivity index (χ3n) is 1.29. The third-order valence-corrected chi connectivity index (χ3v) is 1.49. The number of pyridine rings is 1. The number of primary amides is 1. The van der Waals surface area contributed by atoms with Crippen LogP contribution < -0.4 is 5.73 Å². The molecule has 0 bridgehead atoms. The number of rotatable bonds is 2. The quantitative estimate of drug-likeness (QED) is 0.654. The lowest BCUT2D eigenvalue weighted by molar-refractivity contribution is 0.1000. The number of hydrogen-bond donors (Lipinski definition) is 2. The van der Waals surface area contributed by atoms with Crippen LogP contribution in [0.15, 0.2) is 12.1 Å². The van der Waals surface area contributed by atoms with Crippen molar-refractivity contribution in [1.82, 2.24) is 4.98 Å². The van der Waals surface area contributed by atoms with Gasteiger partial charge in [0.2, 0.25) is 5.91 Å². The molecule has 0 aliphatic carbocycles. The molecule has 0 radical (unpaired) electrons. The Morgan fingerprint density at radius 1 is 1.67 bits per heavy atom. The van der Waals surface area contributed by atoms with Crippen molar-refractivity contribution in [3.63, 3.8) is 0 Å². The van der Waals surface area contributed by atoms with Crippen LogP contribution in [0.25, 0.3) is 0 Å². The van der Waals surface area contributed by atoms with Crippen LogP contribution in [0, 0.1) is 0 Å². The van der Waals surface area contributed by atoms with Crippen LogP contribution in [-0.4, -0.2) is 16.0 Å². The Morgan fingerprint density at radius 3 is 2.83 bits per heavy atom. The first-order chi connectivity index (χ1) is 5.63. The maximum atomic E-state index is 10.7. The number of halogens is 1. The van der Waals surface area contributed by atoms with Crippen LogP contribution in [0.5, 0.6) is 0 Å². The minimum atomic E-state index is -0.589. The fourth-order valence-corrected chi connectivity index (χ4v) is 1.00. The predicted molar refractivity (Wildman–Crippen MR) is 43.7 cm³/mol. The second-order valence-electron chi connectivity index (χ2n) is 2.19. The molecule has 0 atom stereocenters. The van der Waals surface area contributed by atoms with Gasteiger partial charge in [0.1, 0.15) is 5.15 Å². The predicted octanol–water partition coefficient (Wildman–Crippen LogP) is 0.326. The summed E-state index contributed by atoms with van der Waals surface area (Å²) in [6.07, 6.45) is 0. The zero-order chi connectivity index (χ0) is 9.14. The number of hydrogen-bond acceptors (Lipinski definition) is 3. The number of carbonyl (C=O) groups excluding carboxylic acids is 1. The van der Waals surface area contributed by atoms with Gasteiger partial charge in [-0.3, -0.25) is 4.79 Å². The second kappa shape index (κ2) is 3.51. The maximum absolute atomic E-state index is 10.7. The summed E-state index contributed by atoms with van der Waals surface area (Å²) in [6.45, 7) is -0.263. The largest absolute Gasteiger partial charge is 0.390 e. The Hall–Kier alpha value is -1.13. The van der Waals surface area contributed by atoms with E-state index in [1.807, 2.05) is 0 Å². The van der Waals surface area contributed by atoms with E-state index < -0.39 is 5.91 Å². The molecule has 0 aliphatic heterocycles. The summed E-state index contributed by atoms with van der Waals surface area (Å²) in [4.78, 5) is 14.4. The normalized spacial score (nSPS) is 9.83. The van der Waals surface area contributed by atoms with Gasteiger partial charge in [-0.1, -0.05) is 11.6 Å². The van der Waals surface area contributed by atoms with E-state index in [0.29, 0.717) is 5.69 Å². The molecule has 1 aromatic rings. The van der Waals surface area contributed by atoms with Crippen LogP contribution in [0.1, 0.15) is 16.1 Å². The van der Waals surface area contributed by atoms with E-state index >= 15 is 0 Å². The van der Waals surface area contributed by atoms with E-state index in [4.69, 9.17) is 22.4 Å². The number of aromatic nitrogens is 1. The molecule has 4 nitrogen and oxygen atoms in total. The summed E-state index contributed by atoms with van der Waals surface area (Å²) < 4.78 is 0. The first-order valence-corrected chi connectivity index (χ1v) is 3.58. The molecule has 0 saturated heterocycles. The van der Waals surface area contributed by atoms with Crippen molar-refractivity contribution in [3.05, 3.63) is 28.5 Å². The molecule has 12 heavy (non-hydrogen) atoms. The number of amides is 1. The standard InChI is InChI=1S/C7H7ClN2O2/c8-6-2-4(7(9)12)1-5(3-11)10-6/h1-2,11H,3H2,(H2,9,12). The van der Waals surface area contributed by atoms with Crippen LogP contribution in [0.4, 0.5) is 0 Å². The molecular weight excluding hydrogens is 180 g/mol. The Bertz CT molecular complexity index is 314. The fraction of sp³-hybridized carbons (Fsp3) is 0.143. The molecule has 0 unspecified atom stereocenters. The minimum Gasteiger partial charge on any atom is -0.390 e. The van der Waals surface area contributed by atoms with Gasteiger partial charge in [-0.15, -0.1) is 0 Å². The highest BCUT2D eigenvalue weighted by Gasteiger charge is 2.04. The molecule has 0 fully saturated rings. The van der Waals surface area contributed by atoms with Crippen LogP contribution in [0.2, 0.25) is 5.15 Å². The summed E-state index contributed by atoms with van der Waals surface area (Å²) >= 11 is 5.54. The SMILES string of the molecule is NC(=O)c1cc(Cl)nc(CO)c1. The molecule has 1 rings (SSSR count). The topological polar surface area (TPSA) is 76.2 Å². The Morgan fingerprint density at radius 2 is 2.33 bits per heavy atom. The summed E-state index contributed by atoms with van der Waals surface area (Å²) in [5.74, 6) is -0.589. The van der Waals surface area contributed by atoms with Crippen molar-refractivity contribution in [2.45, 2.75) is 6.61 Å². The van der Waals surface area contributed by atoms with E-state index in [1.54, 1.807) is 0 Å². The van der Waals surface area contributed by atoms with E-state index in [1.165, 1.54) is 12.1 Å². The highest BCUT2D eigenvalue weighted by atomic mass is 35.5. The molecule has 1 amide bonds. The van der Waals surface area contributed by atoms with Crippen molar-refractivity contribution >= 4 is 17.5 Å². The summed E-state index contributed by atoms with van der Waals surface area (Å²) in [5, 5.41) is 8.84. The monoisotopic (exact) mass is 186 g/mol. The smallest absolute Gasteiger partial charge is 0.248 e. The van der Waals surface area contributed by atoms with Gasteiger partial charge in [-0.05, 0) is 12.1 Å². The van der Waals surface area contributed by atoms with Gasteiger partial charge < -0.3 is 10.8 Å². The van der Waals surface area contributed by atoms with Crippen molar-refractivity contribution in [3.8, 4) is 0 Å². The molecule has 0 saturated carbocycles. The molecule has 1 heterocycles. The molecule has 1 aromatic heterocycles. The lowest BCUT2D eigenvalue weighted by Gasteiger charge is -1.99. The number of aliphatic hydroxyl groups is 1. The van der Waals surface area contributed by atoms with Crippen molar-refractivity contribution in [1.29, 1.82) is 0 Å². The molecule has 0 spiro atoms. The maximum Gasteiger partial charge on any atom is 0.248 e. The third kappa shape index (κ3) is 1.93. The molecule has 0 aromatic carbocycles. The van der Waals surface area contributed by atoms with Crippen molar-refractivity contribution in [2.75, 3.05) is 0 Å². The number of carbonyl (C=O) groups is 1. The van der Waals surface area contributed by atoms with E-state index in [0.717, 1.165) is 0 Å².